The molecule has 3 heterocycles. The third-order valence-corrected chi connectivity index (χ3v) is 5.04. The zero-order chi connectivity index (χ0) is 16.0. The molecule has 122 valence electrons. The van der Waals surface area contributed by atoms with E-state index in [4.69, 9.17) is 0 Å². The SMILES string of the molecule is Cc1ccc(NC(=O)N2C3CC(C)CC2C3)cc1-n1ccnn1.[HH]. The van der Waals surface area contributed by atoms with Crippen molar-refractivity contribution < 1.29 is 6.22 Å². The average Bonchev–Trinajstić information content (AvgIpc) is 3.02. The minimum absolute atomic E-state index is 0. The second-order valence-corrected chi connectivity index (χ2v) is 6.81. The van der Waals surface area contributed by atoms with Crippen molar-refractivity contribution >= 4 is 11.7 Å². The van der Waals surface area contributed by atoms with Gasteiger partial charge in [-0.3, -0.25) is 0 Å². The summed E-state index contributed by atoms with van der Waals surface area (Å²) in [6.07, 6.45) is 6.86. The lowest BCUT2D eigenvalue weighted by atomic mass is 9.74. The summed E-state index contributed by atoms with van der Waals surface area (Å²) < 4.78 is 1.71. The van der Waals surface area contributed by atoms with Gasteiger partial charge in [0.05, 0.1) is 18.1 Å². The van der Waals surface area contributed by atoms with Crippen molar-refractivity contribution in [3.8, 4) is 5.69 Å². The van der Waals surface area contributed by atoms with E-state index in [-0.39, 0.29) is 7.46 Å². The lowest BCUT2D eigenvalue weighted by Crippen LogP contribution is -2.63. The molecule has 2 aliphatic rings. The van der Waals surface area contributed by atoms with Crippen LogP contribution in [-0.2, 0) is 0 Å². The Kier molecular flexibility index (Phi) is 3.32. The fourth-order valence-electron chi connectivity index (χ4n) is 3.94. The first-order valence-corrected chi connectivity index (χ1v) is 8.18. The number of rotatable bonds is 2. The predicted octanol–water partition coefficient (Wildman–Crippen LogP) is 3.23. The number of carbonyl (C=O) groups excluding carboxylic acids is 1. The maximum atomic E-state index is 12.6. The van der Waals surface area contributed by atoms with Crippen molar-refractivity contribution in [3.05, 3.63) is 36.2 Å². The maximum Gasteiger partial charge on any atom is 0.322 e. The van der Waals surface area contributed by atoms with Crippen LogP contribution in [0.4, 0.5) is 10.5 Å². The number of amides is 2. The molecule has 0 radical (unpaired) electrons. The van der Waals surface area contributed by atoms with Crippen LogP contribution in [0.2, 0.25) is 0 Å². The number of aromatic nitrogens is 3. The quantitative estimate of drug-likeness (QED) is 0.926. The number of piperidine rings is 1. The highest BCUT2D eigenvalue weighted by Gasteiger charge is 2.46. The van der Waals surface area contributed by atoms with Gasteiger partial charge in [-0.25, -0.2) is 9.48 Å². The van der Waals surface area contributed by atoms with E-state index in [9.17, 15) is 4.79 Å². The predicted molar refractivity (Wildman–Crippen MR) is 89.7 cm³/mol. The molecular weight excluding hydrogens is 290 g/mol. The van der Waals surface area contributed by atoms with Crippen molar-refractivity contribution in [1.29, 1.82) is 0 Å². The highest BCUT2D eigenvalue weighted by atomic mass is 16.2. The van der Waals surface area contributed by atoms with Gasteiger partial charge in [0.15, 0.2) is 0 Å². The molecule has 23 heavy (non-hydrogen) atoms. The smallest absolute Gasteiger partial charge is 0.318 e. The summed E-state index contributed by atoms with van der Waals surface area (Å²) in [5, 5.41) is 10.9. The molecule has 2 bridgehead atoms. The van der Waals surface area contributed by atoms with Crippen molar-refractivity contribution in [2.45, 2.75) is 45.2 Å². The molecule has 2 saturated heterocycles. The van der Waals surface area contributed by atoms with Crippen molar-refractivity contribution in [3.63, 3.8) is 0 Å². The van der Waals surface area contributed by atoms with Crippen molar-refractivity contribution in [2.75, 3.05) is 5.32 Å². The molecule has 0 aliphatic carbocycles. The standard InChI is InChI=1S/C17H21N5O.H2/c1-11-7-14-10-15(8-11)22(14)17(23)19-13-4-3-12(2)16(9-13)21-6-5-18-20-21;/h3-6,9,11,14-15H,7-8,10H2,1-2H3,(H,19,23);1H. The number of nitrogens with one attached hydrogen (secondary N) is 1. The van der Waals surface area contributed by atoms with Crippen LogP contribution >= 0.6 is 0 Å². The number of fused-ring (bicyclic) bond motifs is 2. The van der Waals surface area contributed by atoms with Crippen LogP contribution in [0.1, 0.15) is 33.2 Å². The van der Waals surface area contributed by atoms with Crippen LogP contribution in [-0.4, -0.2) is 38.0 Å². The normalized spacial score (nSPS) is 25.8. The Bertz CT molecular complexity index is 721. The largest absolute Gasteiger partial charge is 0.322 e. The van der Waals surface area contributed by atoms with Gasteiger partial charge in [0.2, 0.25) is 0 Å². The molecule has 1 aromatic heterocycles. The fourth-order valence-corrected chi connectivity index (χ4v) is 3.94. The van der Waals surface area contributed by atoms with E-state index in [0.29, 0.717) is 12.1 Å². The number of carbonyl (C=O) groups is 1. The molecule has 2 unspecified atom stereocenters. The highest BCUT2D eigenvalue weighted by molar-refractivity contribution is 5.90. The van der Waals surface area contributed by atoms with Gasteiger partial charge in [-0.05, 0) is 49.8 Å². The number of hydrogen-bond donors (Lipinski definition) is 1. The summed E-state index contributed by atoms with van der Waals surface area (Å²) in [5.74, 6) is 0.737. The van der Waals surface area contributed by atoms with Crippen LogP contribution in [0, 0.1) is 12.8 Å². The number of anilines is 1. The highest BCUT2D eigenvalue weighted by Crippen LogP contribution is 2.41. The summed E-state index contributed by atoms with van der Waals surface area (Å²) in [4.78, 5) is 14.6. The Labute approximate surface area is 137 Å². The zero-order valence-electron chi connectivity index (χ0n) is 13.4. The van der Waals surface area contributed by atoms with E-state index in [2.05, 4.69) is 22.6 Å². The lowest BCUT2D eigenvalue weighted by Gasteiger charge is -2.54. The number of urea groups is 1. The van der Waals surface area contributed by atoms with Crippen LogP contribution < -0.4 is 5.32 Å². The van der Waals surface area contributed by atoms with E-state index >= 15 is 0 Å². The molecule has 2 aromatic rings. The van der Waals surface area contributed by atoms with Gasteiger partial charge in [-0.2, -0.15) is 0 Å². The van der Waals surface area contributed by atoms with Crippen LogP contribution in [0.5, 0.6) is 0 Å². The molecule has 2 amide bonds. The summed E-state index contributed by atoms with van der Waals surface area (Å²) in [6, 6.07) is 6.73. The molecule has 0 saturated carbocycles. The molecule has 0 spiro atoms. The number of benzene rings is 1. The molecule has 2 aliphatic heterocycles. The Balaban J connectivity index is 0.00000169. The van der Waals surface area contributed by atoms with Gasteiger partial charge in [-0.15, -0.1) is 5.10 Å². The summed E-state index contributed by atoms with van der Waals surface area (Å²) >= 11 is 0. The second-order valence-electron chi connectivity index (χ2n) is 6.81. The zero-order valence-corrected chi connectivity index (χ0v) is 13.4. The van der Waals surface area contributed by atoms with E-state index < -0.39 is 0 Å². The summed E-state index contributed by atoms with van der Waals surface area (Å²) in [6.45, 7) is 4.29. The molecule has 2 fully saturated rings. The first-order chi connectivity index (χ1) is 11.1. The second kappa shape index (κ2) is 5.37. The van der Waals surface area contributed by atoms with Crippen LogP contribution in [0.25, 0.3) is 5.69 Å². The van der Waals surface area contributed by atoms with E-state index in [1.807, 2.05) is 30.0 Å². The molecule has 4 rings (SSSR count). The number of nitrogens with zero attached hydrogens (tertiary/aromatic N) is 4. The molecule has 6 heteroatoms. The Morgan fingerprint density at radius 3 is 2.78 bits per heavy atom. The molecule has 1 aromatic carbocycles. The lowest BCUT2D eigenvalue weighted by molar-refractivity contribution is -0.00600. The fraction of sp³-hybridized carbons (Fsp3) is 0.471. The number of aryl methyl sites for hydroxylation is 1. The molecule has 6 nitrogen and oxygen atoms in total. The van der Waals surface area contributed by atoms with E-state index in [1.54, 1.807) is 17.1 Å². The van der Waals surface area contributed by atoms with Gasteiger partial charge < -0.3 is 10.2 Å². The van der Waals surface area contributed by atoms with Gasteiger partial charge in [0, 0.05) is 19.2 Å². The van der Waals surface area contributed by atoms with Crippen molar-refractivity contribution in [2.24, 2.45) is 5.92 Å². The topological polar surface area (TPSA) is 63.1 Å². The Morgan fingerprint density at radius 2 is 2.09 bits per heavy atom. The maximum absolute atomic E-state index is 12.6. The van der Waals surface area contributed by atoms with Gasteiger partial charge in [0.25, 0.3) is 0 Å². The first kappa shape index (κ1) is 14.2. The third-order valence-electron chi connectivity index (χ3n) is 5.04. The Morgan fingerprint density at radius 1 is 1.30 bits per heavy atom. The monoisotopic (exact) mass is 313 g/mol. The number of hydrogen-bond acceptors (Lipinski definition) is 3. The molecular formula is C17H23N5O. The van der Waals surface area contributed by atoms with E-state index in [0.717, 1.165) is 42.1 Å². The first-order valence-electron chi connectivity index (χ1n) is 8.18. The summed E-state index contributed by atoms with van der Waals surface area (Å²) in [7, 11) is 0. The Hall–Kier alpha value is -2.37. The van der Waals surface area contributed by atoms with Gasteiger partial charge >= 0.3 is 6.03 Å². The van der Waals surface area contributed by atoms with Crippen LogP contribution in [0.15, 0.2) is 30.6 Å². The minimum atomic E-state index is 0. The van der Waals surface area contributed by atoms with E-state index in [1.165, 1.54) is 0 Å². The summed E-state index contributed by atoms with van der Waals surface area (Å²) in [5.41, 5.74) is 2.81. The van der Waals surface area contributed by atoms with Crippen molar-refractivity contribution in [1.82, 2.24) is 19.9 Å². The molecule has 2 atom stereocenters. The third kappa shape index (κ3) is 2.48. The average molecular weight is 313 g/mol. The minimum Gasteiger partial charge on any atom is -0.318 e. The van der Waals surface area contributed by atoms with Gasteiger partial charge in [-0.1, -0.05) is 18.2 Å². The van der Waals surface area contributed by atoms with Crippen LogP contribution in [0.3, 0.4) is 0 Å². The molecule has 1 N–H and O–H groups in total. The van der Waals surface area contributed by atoms with Gasteiger partial charge in [0.1, 0.15) is 0 Å².